The molecular formula is C23H31NO6S. The summed E-state index contributed by atoms with van der Waals surface area (Å²) in [5.74, 6) is -0.249. The average molecular weight is 450 g/mol. The van der Waals surface area contributed by atoms with Gasteiger partial charge in [0.15, 0.2) is 14.6 Å². The Bertz CT molecular complexity index is 953. The number of likely N-dealkylation sites (N-methyl/N-ethyl adjacent to an activating group) is 1. The van der Waals surface area contributed by atoms with Crippen molar-refractivity contribution in [2.24, 2.45) is 0 Å². The molecule has 0 aliphatic rings. The van der Waals surface area contributed by atoms with E-state index in [1.165, 1.54) is 38.3 Å². The molecule has 170 valence electrons. The van der Waals surface area contributed by atoms with E-state index in [0.29, 0.717) is 23.7 Å². The lowest BCUT2D eigenvalue weighted by Crippen LogP contribution is -2.45. The Morgan fingerprint density at radius 1 is 1.00 bits per heavy atom. The Kier molecular flexibility index (Phi) is 8.47. The van der Waals surface area contributed by atoms with Crippen LogP contribution in [0.2, 0.25) is 0 Å². The molecule has 2 rings (SSSR count). The Balaban J connectivity index is 2.17. The summed E-state index contributed by atoms with van der Waals surface area (Å²) in [5.41, 5.74) is 0.595. The first-order valence-corrected chi connectivity index (χ1v) is 11.7. The zero-order valence-corrected chi connectivity index (χ0v) is 19.3. The van der Waals surface area contributed by atoms with E-state index < -0.39 is 20.6 Å². The van der Waals surface area contributed by atoms with Gasteiger partial charge in [0.05, 0.1) is 12.0 Å². The fraction of sp³-hybridized carbons (Fsp3) is 0.435. The van der Waals surface area contributed by atoms with Crippen LogP contribution in [0.3, 0.4) is 0 Å². The van der Waals surface area contributed by atoms with Crippen LogP contribution in [0.1, 0.15) is 26.3 Å². The number of carboxylic acid groups (broad SMARTS) is 1. The number of hydrogen-bond acceptors (Lipinski definition) is 6. The van der Waals surface area contributed by atoms with Crippen LogP contribution in [0.25, 0.3) is 0 Å². The molecular weight excluding hydrogens is 418 g/mol. The molecule has 0 amide bonds. The number of rotatable bonds is 12. The molecule has 1 atom stereocenters. The first-order valence-electron chi connectivity index (χ1n) is 10.2. The standard InChI is InChI=1S/C23H31NO6S/c1-5-24(6-2)15-16-30-20-9-7-18(8-10-20)17-23(3,22(25)26)31(27,28)21-13-11-19(29-4)12-14-21/h7-14H,5-6,15-17H2,1-4H3,(H,25,26). The van der Waals surface area contributed by atoms with E-state index in [1.54, 1.807) is 24.3 Å². The van der Waals surface area contributed by atoms with Crippen LogP contribution < -0.4 is 9.47 Å². The first kappa shape index (κ1) is 24.7. The highest BCUT2D eigenvalue weighted by Gasteiger charge is 2.47. The van der Waals surface area contributed by atoms with Gasteiger partial charge in [-0.05, 0) is 62.0 Å². The van der Waals surface area contributed by atoms with Crippen LogP contribution in [-0.4, -0.2) is 62.5 Å². The van der Waals surface area contributed by atoms with E-state index in [9.17, 15) is 18.3 Å². The molecule has 0 bridgehead atoms. The van der Waals surface area contributed by atoms with Gasteiger partial charge in [-0.25, -0.2) is 8.42 Å². The zero-order chi connectivity index (χ0) is 23.1. The minimum atomic E-state index is -4.15. The van der Waals surface area contributed by atoms with Gasteiger partial charge in [-0.1, -0.05) is 26.0 Å². The number of ether oxygens (including phenoxy) is 2. The predicted octanol–water partition coefficient (Wildman–Crippen LogP) is 3.28. The van der Waals surface area contributed by atoms with Crippen molar-refractivity contribution < 1.29 is 27.8 Å². The Labute approximate surface area is 184 Å². The fourth-order valence-electron chi connectivity index (χ4n) is 3.23. The molecule has 0 aliphatic carbocycles. The monoisotopic (exact) mass is 449 g/mol. The number of methoxy groups -OCH3 is 1. The summed E-state index contributed by atoms with van der Waals surface area (Å²) >= 11 is 0. The second kappa shape index (κ2) is 10.6. The number of carbonyl (C=O) groups is 1. The van der Waals surface area contributed by atoms with E-state index in [4.69, 9.17) is 9.47 Å². The van der Waals surface area contributed by atoms with Crippen molar-refractivity contribution in [3.05, 3.63) is 54.1 Å². The fourth-order valence-corrected chi connectivity index (χ4v) is 4.83. The van der Waals surface area contributed by atoms with Crippen molar-refractivity contribution in [3.63, 3.8) is 0 Å². The summed E-state index contributed by atoms with van der Waals surface area (Å²) in [4.78, 5) is 14.3. The van der Waals surface area contributed by atoms with E-state index >= 15 is 0 Å². The number of hydrogen-bond donors (Lipinski definition) is 1. The van der Waals surface area contributed by atoms with Crippen molar-refractivity contribution in [2.45, 2.75) is 36.8 Å². The number of benzene rings is 2. The van der Waals surface area contributed by atoms with Crippen LogP contribution in [-0.2, 0) is 21.1 Å². The smallest absolute Gasteiger partial charge is 0.325 e. The highest BCUT2D eigenvalue weighted by atomic mass is 32.2. The summed E-state index contributed by atoms with van der Waals surface area (Å²) in [6.45, 7) is 8.69. The summed E-state index contributed by atoms with van der Waals surface area (Å²) in [6, 6.07) is 12.6. The second-order valence-electron chi connectivity index (χ2n) is 7.41. The molecule has 2 aromatic rings. The normalized spacial score (nSPS) is 13.6. The summed E-state index contributed by atoms with van der Waals surface area (Å²) < 4.78 is 35.1. The van der Waals surface area contributed by atoms with Gasteiger partial charge in [0.25, 0.3) is 0 Å². The molecule has 2 aromatic carbocycles. The topological polar surface area (TPSA) is 93.1 Å². The van der Waals surface area contributed by atoms with E-state index in [-0.39, 0.29) is 11.3 Å². The Morgan fingerprint density at radius 2 is 1.55 bits per heavy atom. The van der Waals surface area contributed by atoms with Gasteiger partial charge in [0.1, 0.15) is 18.1 Å². The number of nitrogens with zero attached hydrogens (tertiary/aromatic N) is 1. The highest BCUT2D eigenvalue weighted by Crippen LogP contribution is 2.31. The molecule has 0 saturated heterocycles. The third kappa shape index (κ3) is 5.77. The average Bonchev–Trinajstić information content (AvgIpc) is 2.77. The van der Waals surface area contributed by atoms with Crippen LogP contribution in [0.15, 0.2) is 53.4 Å². The van der Waals surface area contributed by atoms with Crippen molar-refractivity contribution in [1.29, 1.82) is 0 Å². The molecule has 0 radical (unpaired) electrons. The van der Waals surface area contributed by atoms with Gasteiger partial charge in [0.2, 0.25) is 0 Å². The predicted molar refractivity (Wildman–Crippen MR) is 120 cm³/mol. The van der Waals surface area contributed by atoms with Gasteiger partial charge < -0.3 is 19.5 Å². The number of aliphatic carboxylic acids is 1. The number of sulfone groups is 1. The summed E-state index contributed by atoms with van der Waals surface area (Å²) in [6.07, 6.45) is -0.170. The second-order valence-corrected chi connectivity index (χ2v) is 9.79. The molecule has 0 aliphatic heterocycles. The Hall–Kier alpha value is -2.58. The maximum Gasteiger partial charge on any atom is 0.325 e. The third-order valence-electron chi connectivity index (χ3n) is 5.45. The molecule has 7 nitrogen and oxygen atoms in total. The van der Waals surface area contributed by atoms with Gasteiger partial charge in [-0.15, -0.1) is 0 Å². The summed E-state index contributed by atoms with van der Waals surface area (Å²) in [7, 11) is -2.68. The molecule has 1 N–H and O–H groups in total. The van der Waals surface area contributed by atoms with Crippen molar-refractivity contribution in [1.82, 2.24) is 4.90 Å². The largest absolute Gasteiger partial charge is 0.497 e. The van der Waals surface area contributed by atoms with Gasteiger partial charge >= 0.3 is 5.97 Å². The maximum absolute atomic E-state index is 13.2. The van der Waals surface area contributed by atoms with Gasteiger partial charge in [-0.2, -0.15) is 0 Å². The molecule has 0 aromatic heterocycles. The van der Waals surface area contributed by atoms with E-state index in [0.717, 1.165) is 19.6 Å². The minimum Gasteiger partial charge on any atom is -0.497 e. The lowest BCUT2D eigenvalue weighted by Gasteiger charge is -2.25. The number of carboxylic acids is 1. The molecule has 1 unspecified atom stereocenters. The van der Waals surface area contributed by atoms with Crippen molar-refractivity contribution in [2.75, 3.05) is 33.4 Å². The van der Waals surface area contributed by atoms with Gasteiger partial charge in [0, 0.05) is 13.0 Å². The molecule has 0 fully saturated rings. The molecule has 8 heteroatoms. The zero-order valence-electron chi connectivity index (χ0n) is 18.5. The van der Waals surface area contributed by atoms with Crippen LogP contribution in [0.4, 0.5) is 0 Å². The lowest BCUT2D eigenvalue weighted by atomic mass is 10.0. The van der Waals surface area contributed by atoms with Crippen LogP contribution >= 0.6 is 0 Å². The molecule has 0 spiro atoms. The highest BCUT2D eigenvalue weighted by molar-refractivity contribution is 7.93. The minimum absolute atomic E-state index is 0.0606. The quantitative estimate of drug-likeness (QED) is 0.531. The van der Waals surface area contributed by atoms with Gasteiger partial charge in [-0.3, -0.25) is 4.79 Å². The summed E-state index contributed by atoms with van der Waals surface area (Å²) in [5, 5.41) is 9.83. The lowest BCUT2D eigenvalue weighted by molar-refractivity contribution is -0.139. The molecule has 0 saturated carbocycles. The van der Waals surface area contributed by atoms with E-state index in [2.05, 4.69) is 18.7 Å². The first-order chi connectivity index (χ1) is 14.7. The third-order valence-corrected chi connectivity index (χ3v) is 7.85. The van der Waals surface area contributed by atoms with Crippen LogP contribution in [0.5, 0.6) is 11.5 Å². The van der Waals surface area contributed by atoms with Crippen LogP contribution in [0, 0.1) is 0 Å². The Morgan fingerprint density at radius 3 is 2.03 bits per heavy atom. The SMILES string of the molecule is CCN(CC)CCOc1ccc(CC(C)(C(=O)O)S(=O)(=O)c2ccc(OC)cc2)cc1. The molecule has 31 heavy (non-hydrogen) atoms. The maximum atomic E-state index is 13.2. The van der Waals surface area contributed by atoms with Crippen molar-refractivity contribution in [3.8, 4) is 11.5 Å². The molecule has 0 heterocycles. The van der Waals surface area contributed by atoms with E-state index in [1.807, 2.05) is 0 Å². The van der Waals surface area contributed by atoms with Crippen molar-refractivity contribution >= 4 is 15.8 Å².